The zero-order chi connectivity index (χ0) is 13.5. The van der Waals surface area contributed by atoms with Crippen LogP contribution in [-0.4, -0.2) is 32.8 Å². The van der Waals surface area contributed by atoms with Crippen molar-refractivity contribution in [3.05, 3.63) is 35.4 Å². The highest BCUT2D eigenvalue weighted by Gasteiger charge is 2.14. The standard InChI is InChI=1S/C15H21NO3/c1-18-15(17)14-4-2-12(3-5-14)10-16-8-6-13-7-9-19-11-13/h2-5,13,16H,6-11H2,1H3. The molecule has 1 aromatic carbocycles. The van der Waals surface area contributed by atoms with Gasteiger partial charge in [0.25, 0.3) is 0 Å². The molecule has 1 aliphatic rings. The van der Waals surface area contributed by atoms with Gasteiger partial charge in [-0.05, 0) is 43.0 Å². The highest BCUT2D eigenvalue weighted by Crippen LogP contribution is 2.15. The van der Waals surface area contributed by atoms with Crippen molar-refractivity contribution in [1.29, 1.82) is 0 Å². The van der Waals surface area contributed by atoms with E-state index in [1.54, 1.807) is 12.1 Å². The zero-order valence-corrected chi connectivity index (χ0v) is 11.4. The number of benzene rings is 1. The van der Waals surface area contributed by atoms with Crippen molar-refractivity contribution >= 4 is 5.97 Å². The molecule has 0 amide bonds. The quantitative estimate of drug-likeness (QED) is 0.630. The predicted octanol–water partition coefficient (Wildman–Crippen LogP) is 1.99. The Hall–Kier alpha value is -1.39. The summed E-state index contributed by atoms with van der Waals surface area (Å²) < 4.78 is 10.0. The van der Waals surface area contributed by atoms with Gasteiger partial charge in [-0.2, -0.15) is 0 Å². The lowest BCUT2D eigenvalue weighted by molar-refractivity contribution is 0.0600. The van der Waals surface area contributed by atoms with Gasteiger partial charge < -0.3 is 14.8 Å². The molecule has 104 valence electrons. The highest BCUT2D eigenvalue weighted by molar-refractivity contribution is 5.89. The first-order valence-electron chi connectivity index (χ1n) is 6.75. The molecule has 1 saturated heterocycles. The molecule has 2 rings (SSSR count). The Morgan fingerprint density at radius 1 is 1.42 bits per heavy atom. The minimum atomic E-state index is -0.291. The molecule has 1 N–H and O–H groups in total. The predicted molar refractivity (Wildman–Crippen MR) is 73.0 cm³/mol. The molecule has 0 radical (unpaired) electrons. The van der Waals surface area contributed by atoms with Crippen LogP contribution in [0.2, 0.25) is 0 Å². The molecule has 1 unspecified atom stereocenters. The van der Waals surface area contributed by atoms with Gasteiger partial charge in [0.15, 0.2) is 0 Å². The average Bonchev–Trinajstić information content (AvgIpc) is 2.96. The molecule has 0 spiro atoms. The SMILES string of the molecule is COC(=O)c1ccc(CNCCC2CCOC2)cc1. The largest absolute Gasteiger partial charge is 0.465 e. The van der Waals surface area contributed by atoms with Crippen LogP contribution in [0, 0.1) is 5.92 Å². The molecule has 4 nitrogen and oxygen atoms in total. The van der Waals surface area contributed by atoms with E-state index in [-0.39, 0.29) is 5.97 Å². The number of nitrogens with one attached hydrogen (secondary N) is 1. The molecule has 0 aromatic heterocycles. The van der Waals surface area contributed by atoms with Gasteiger partial charge in [0.1, 0.15) is 0 Å². The van der Waals surface area contributed by atoms with Crippen LogP contribution >= 0.6 is 0 Å². The fourth-order valence-corrected chi connectivity index (χ4v) is 2.23. The van der Waals surface area contributed by atoms with E-state index in [4.69, 9.17) is 4.74 Å². The minimum absolute atomic E-state index is 0.291. The van der Waals surface area contributed by atoms with E-state index in [9.17, 15) is 4.79 Å². The summed E-state index contributed by atoms with van der Waals surface area (Å²) in [4.78, 5) is 11.3. The van der Waals surface area contributed by atoms with Crippen molar-refractivity contribution in [2.75, 3.05) is 26.9 Å². The van der Waals surface area contributed by atoms with Crippen molar-refractivity contribution in [2.24, 2.45) is 5.92 Å². The van der Waals surface area contributed by atoms with Crippen molar-refractivity contribution < 1.29 is 14.3 Å². The molecular formula is C15H21NO3. The van der Waals surface area contributed by atoms with Crippen LogP contribution in [-0.2, 0) is 16.0 Å². The summed E-state index contributed by atoms with van der Waals surface area (Å²) in [7, 11) is 1.39. The fourth-order valence-electron chi connectivity index (χ4n) is 2.23. The molecule has 19 heavy (non-hydrogen) atoms. The highest BCUT2D eigenvalue weighted by atomic mass is 16.5. The molecule has 1 heterocycles. The van der Waals surface area contributed by atoms with E-state index < -0.39 is 0 Å². The summed E-state index contributed by atoms with van der Waals surface area (Å²) >= 11 is 0. The second-order valence-electron chi connectivity index (χ2n) is 4.88. The van der Waals surface area contributed by atoms with Crippen LogP contribution in [0.4, 0.5) is 0 Å². The van der Waals surface area contributed by atoms with Crippen LogP contribution in [0.15, 0.2) is 24.3 Å². The van der Waals surface area contributed by atoms with Gasteiger partial charge in [-0.3, -0.25) is 0 Å². The first kappa shape index (κ1) is 14.0. The zero-order valence-electron chi connectivity index (χ0n) is 11.4. The van der Waals surface area contributed by atoms with E-state index >= 15 is 0 Å². The summed E-state index contributed by atoms with van der Waals surface area (Å²) in [6.45, 7) is 3.66. The third kappa shape index (κ3) is 4.33. The van der Waals surface area contributed by atoms with Gasteiger partial charge in [0.05, 0.1) is 12.7 Å². The number of methoxy groups -OCH3 is 1. The minimum Gasteiger partial charge on any atom is -0.465 e. The molecular weight excluding hydrogens is 242 g/mol. The molecule has 1 atom stereocenters. The van der Waals surface area contributed by atoms with Crippen LogP contribution in [0.3, 0.4) is 0 Å². The third-order valence-corrected chi connectivity index (χ3v) is 3.46. The van der Waals surface area contributed by atoms with E-state index in [1.807, 2.05) is 12.1 Å². The van der Waals surface area contributed by atoms with E-state index in [1.165, 1.54) is 25.5 Å². The van der Waals surface area contributed by atoms with E-state index in [0.29, 0.717) is 11.5 Å². The monoisotopic (exact) mass is 263 g/mol. The van der Waals surface area contributed by atoms with E-state index in [0.717, 1.165) is 26.3 Å². The van der Waals surface area contributed by atoms with Gasteiger partial charge in [0, 0.05) is 19.8 Å². The van der Waals surface area contributed by atoms with Gasteiger partial charge in [-0.15, -0.1) is 0 Å². The first-order chi connectivity index (χ1) is 9.29. The summed E-state index contributed by atoms with van der Waals surface area (Å²) in [5.74, 6) is 0.426. The van der Waals surface area contributed by atoms with E-state index in [2.05, 4.69) is 10.1 Å². The summed E-state index contributed by atoms with van der Waals surface area (Å²) in [5.41, 5.74) is 1.77. The van der Waals surface area contributed by atoms with Crippen LogP contribution in [0.5, 0.6) is 0 Å². The average molecular weight is 263 g/mol. The van der Waals surface area contributed by atoms with Crippen molar-refractivity contribution in [1.82, 2.24) is 5.32 Å². The number of hydrogen-bond donors (Lipinski definition) is 1. The van der Waals surface area contributed by atoms with Crippen molar-refractivity contribution in [3.63, 3.8) is 0 Å². The summed E-state index contributed by atoms with van der Waals surface area (Å²) in [6, 6.07) is 7.51. The van der Waals surface area contributed by atoms with Crippen LogP contribution < -0.4 is 5.32 Å². The van der Waals surface area contributed by atoms with Crippen LogP contribution in [0.25, 0.3) is 0 Å². The third-order valence-electron chi connectivity index (χ3n) is 3.46. The summed E-state index contributed by atoms with van der Waals surface area (Å²) in [6.07, 6.45) is 2.36. The first-order valence-corrected chi connectivity index (χ1v) is 6.75. The normalized spacial score (nSPS) is 18.5. The molecule has 0 aliphatic carbocycles. The Morgan fingerprint density at radius 2 is 2.21 bits per heavy atom. The number of carbonyl (C=O) groups is 1. The maximum absolute atomic E-state index is 11.3. The molecule has 1 fully saturated rings. The number of carbonyl (C=O) groups excluding carboxylic acids is 1. The summed E-state index contributed by atoms with van der Waals surface area (Å²) in [5, 5.41) is 3.42. The Morgan fingerprint density at radius 3 is 2.84 bits per heavy atom. The van der Waals surface area contributed by atoms with Gasteiger partial charge in [-0.1, -0.05) is 12.1 Å². The molecule has 0 saturated carbocycles. The molecule has 1 aromatic rings. The second kappa shape index (κ2) is 7.26. The number of ether oxygens (including phenoxy) is 2. The Bertz CT molecular complexity index is 396. The van der Waals surface area contributed by atoms with Crippen molar-refractivity contribution in [3.8, 4) is 0 Å². The van der Waals surface area contributed by atoms with Gasteiger partial charge in [-0.25, -0.2) is 4.79 Å². The van der Waals surface area contributed by atoms with Crippen molar-refractivity contribution in [2.45, 2.75) is 19.4 Å². The maximum atomic E-state index is 11.3. The van der Waals surface area contributed by atoms with Gasteiger partial charge >= 0.3 is 5.97 Å². The lowest BCUT2D eigenvalue weighted by Gasteiger charge is -2.09. The fraction of sp³-hybridized carbons (Fsp3) is 0.533. The number of rotatable bonds is 6. The van der Waals surface area contributed by atoms with Gasteiger partial charge in [0.2, 0.25) is 0 Å². The Labute approximate surface area is 114 Å². The number of esters is 1. The second-order valence-corrected chi connectivity index (χ2v) is 4.88. The maximum Gasteiger partial charge on any atom is 0.337 e. The molecule has 0 bridgehead atoms. The van der Waals surface area contributed by atoms with Crippen LogP contribution in [0.1, 0.15) is 28.8 Å². The Kier molecular flexibility index (Phi) is 5.36. The lowest BCUT2D eigenvalue weighted by atomic mass is 10.1. The smallest absolute Gasteiger partial charge is 0.337 e. The molecule has 1 aliphatic heterocycles. The molecule has 4 heteroatoms. The topological polar surface area (TPSA) is 47.6 Å². The lowest BCUT2D eigenvalue weighted by Crippen LogP contribution is -2.18. The number of hydrogen-bond acceptors (Lipinski definition) is 4. The Balaban J connectivity index is 1.69.